The van der Waals surface area contributed by atoms with Crippen LogP contribution in [0.4, 0.5) is 5.69 Å². The number of hydrogen-bond acceptors (Lipinski definition) is 6. The van der Waals surface area contributed by atoms with Crippen LogP contribution in [0.3, 0.4) is 0 Å². The summed E-state index contributed by atoms with van der Waals surface area (Å²) in [5.74, 6) is 0.521. The second kappa shape index (κ2) is 6.45. The van der Waals surface area contributed by atoms with E-state index < -0.39 is 15.7 Å². The Morgan fingerprint density at radius 2 is 2.23 bits per heavy atom. The van der Waals surface area contributed by atoms with Crippen LogP contribution in [0.5, 0.6) is 0 Å². The highest BCUT2D eigenvalue weighted by atomic mass is 32.2. The van der Waals surface area contributed by atoms with Crippen molar-refractivity contribution in [3.05, 3.63) is 34.5 Å². The van der Waals surface area contributed by atoms with Crippen molar-refractivity contribution >= 4 is 27.5 Å². The molecule has 0 radical (unpaired) electrons. The van der Waals surface area contributed by atoms with Crippen molar-refractivity contribution in [2.45, 2.75) is 30.3 Å². The first kappa shape index (κ1) is 15.0. The molecule has 1 aliphatic heterocycles. The Labute approximate surface area is 129 Å². The van der Waals surface area contributed by atoms with Crippen LogP contribution in [0, 0.1) is 10.1 Å². The first-order valence-electron chi connectivity index (χ1n) is 7.16. The largest absolute Gasteiger partial charge is 0.313 e. The minimum Gasteiger partial charge on any atom is -0.313 e. The molecule has 2 heterocycles. The number of piperidine rings is 1. The molecule has 22 heavy (non-hydrogen) atoms. The van der Waals surface area contributed by atoms with Crippen LogP contribution in [0.25, 0.3) is 11.0 Å². The molecule has 1 saturated heterocycles. The predicted molar refractivity (Wildman–Crippen MR) is 83.1 cm³/mol. The average Bonchev–Trinajstić information content (AvgIpc) is 2.54. The van der Waals surface area contributed by atoms with E-state index in [1.807, 2.05) is 0 Å². The second-order valence-corrected chi connectivity index (χ2v) is 6.74. The maximum atomic E-state index is 12.4. The van der Waals surface area contributed by atoms with E-state index in [4.69, 9.17) is 0 Å². The number of aromatic nitrogens is 2. The van der Waals surface area contributed by atoms with Crippen LogP contribution in [0.2, 0.25) is 0 Å². The molecular formula is C14H16N4O3S. The van der Waals surface area contributed by atoms with Gasteiger partial charge in [-0.15, -0.1) is 0 Å². The van der Waals surface area contributed by atoms with Crippen LogP contribution in [0.1, 0.15) is 19.3 Å². The molecule has 1 fully saturated rings. The number of nitrogens with one attached hydrogen (secondary N) is 1. The SMILES string of the molecule is O=[N+]([O-])c1ccc2nc(S(=O)CC3CCCCN3)cnc2c1. The Kier molecular flexibility index (Phi) is 4.39. The predicted octanol–water partition coefficient (Wildman–Crippen LogP) is 1.79. The lowest BCUT2D eigenvalue weighted by atomic mass is 10.1. The van der Waals surface area contributed by atoms with Gasteiger partial charge in [-0.05, 0) is 25.5 Å². The van der Waals surface area contributed by atoms with E-state index in [1.54, 1.807) is 6.07 Å². The first-order valence-corrected chi connectivity index (χ1v) is 8.48. The van der Waals surface area contributed by atoms with Crippen molar-refractivity contribution in [1.82, 2.24) is 15.3 Å². The minimum absolute atomic E-state index is 0.0259. The summed E-state index contributed by atoms with van der Waals surface area (Å²) in [5, 5.41) is 14.5. The van der Waals surface area contributed by atoms with E-state index in [9.17, 15) is 14.3 Å². The van der Waals surface area contributed by atoms with Gasteiger partial charge in [-0.3, -0.25) is 19.3 Å². The molecule has 0 spiro atoms. The lowest BCUT2D eigenvalue weighted by molar-refractivity contribution is -0.384. The fourth-order valence-electron chi connectivity index (χ4n) is 2.54. The van der Waals surface area contributed by atoms with Crippen molar-refractivity contribution in [2.75, 3.05) is 12.3 Å². The normalized spacial score (nSPS) is 19.9. The second-order valence-electron chi connectivity index (χ2n) is 5.30. The van der Waals surface area contributed by atoms with Crippen LogP contribution < -0.4 is 5.32 Å². The average molecular weight is 320 g/mol. The topological polar surface area (TPSA) is 98.0 Å². The molecule has 3 rings (SSSR count). The molecule has 1 aromatic carbocycles. The lowest BCUT2D eigenvalue weighted by Crippen LogP contribution is -2.38. The number of hydrogen-bond donors (Lipinski definition) is 1. The van der Waals surface area contributed by atoms with Gasteiger partial charge in [-0.25, -0.2) is 4.98 Å². The van der Waals surface area contributed by atoms with Gasteiger partial charge in [0.05, 0.1) is 33.0 Å². The quantitative estimate of drug-likeness (QED) is 0.681. The standard InChI is InChI=1S/C14H16N4O3S/c19-18(20)11-4-5-12-13(7-11)16-8-14(17-12)22(21)9-10-3-1-2-6-15-10/h4-5,7-8,10,15H,1-3,6,9H2. The molecule has 116 valence electrons. The highest BCUT2D eigenvalue weighted by molar-refractivity contribution is 7.85. The first-order chi connectivity index (χ1) is 10.6. The van der Waals surface area contributed by atoms with Gasteiger partial charge in [-0.1, -0.05) is 6.42 Å². The van der Waals surface area contributed by atoms with Crippen LogP contribution in [-0.4, -0.2) is 37.4 Å². The summed E-state index contributed by atoms with van der Waals surface area (Å²) in [5.41, 5.74) is 0.931. The third-order valence-corrected chi connectivity index (χ3v) is 5.08. The Morgan fingerprint density at radius 1 is 1.36 bits per heavy atom. The van der Waals surface area contributed by atoms with Crippen LogP contribution >= 0.6 is 0 Å². The summed E-state index contributed by atoms with van der Waals surface area (Å²) >= 11 is 0. The molecule has 8 heteroatoms. The number of benzene rings is 1. The molecule has 1 N–H and O–H groups in total. The minimum atomic E-state index is -1.22. The Morgan fingerprint density at radius 3 is 2.95 bits per heavy atom. The van der Waals surface area contributed by atoms with E-state index in [-0.39, 0.29) is 11.7 Å². The fourth-order valence-corrected chi connectivity index (χ4v) is 3.73. The number of non-ortho nitro benzene ring substituents is 1. The van der Waals surface area contributed by atoms with E-state index >= 15 is 0 Å². The Bertz CT molecular complexity index is 731. The van der Waals surface area contributed by atoms with E-state index in [0.717, 1.165) is 25.8 Å². The number of nitro groups is 1. The molecule has 2 unspecified atom stereocenters. The Balaban J connectivity index is 1.80. The van der Waals surface area contributed by atoms with Gasteiger partial charge in [0.15, 0.2) is 0 Å². The summed E-state index contributed by atoms with van der Waals surface area (Å²) in [4.78, 5) is 18.8. The fraction of sp³-hybridized carbons (Fsp3) is 0.429. The monoisotopic (exact) mass is 320 g/mol. The molecule has 1 aromatic heterocycles. The van der Waals surface area contributed by atoms with Crippen LogP contribution in [0.15, 0.2) is 29.4 Å². The molecule has 0 amide bonds. The molecule has 0 bridgehead atoms. The van der Waals surface area contributed by atoms with E-state index in [2.05, 4.69) is 15.3 Å². The van der Waals surface area contributed by atoms with Crippen molar-refractivity contribution in [3.63, 3.8) is 0 Å². The molecule has 0 aliphatic carbocycles. The maximum absolute atomic E-state index is 12.4. The van der Waals surface area contributed by atoms with Gasteiger partial charge >= 0.3 is 0 Å². The molecular weight excluding hydrogens is 304 g/mol. The third-order valence-electron chi connectivity index (χ3n) is 3.71. The van der Waals surface area contributed by atoms with Gasteiger partial charge < -0.3 is 5.32 Å². The molecule has 0 saturated carbocycles. The summed E-state index contributed by atoms with van der Waals surface area (Å²) in [6, 6.07) is 4.55. The number of nitrogens with zero attached hydrogens (tertiary/aromatic N) is 3. The zero-order valence-electron chi connectivity index (χ0n) is 11.9. The van der Waals surface area contributed by atoms with Gasteiger partial charge in [0, 0.05) is 23.9 Å². The number of nitro benzene ring substituents is 1. The highest BCUT2D eigenvalue weighted by Crippen LogP contribution is 2.19. The number of rotatable bonds is 4. The van der Waals surface area contributed by atoms with E-state index in [0.29, 0.717) is 21.8 Å². The van der Waals surface area contributed by atoms with E-state index in [1.165, 1.54) is 18.3 Å². The van der Waals surface area contributed by atoms with Crippen LogP contribution in [-0.2, 0) is 10.8 Å². The smallest absolute Gasteiger partial charge is 0.271 e. The van der Waals surface area contributed by atoms with Crippen molar-refractivity contribution in [2.24, 2.45) is 0 Å². The molecule has 7 nitrogen and oxygen atoms in total. The zero-order valence-corrected chi connectivity index (χ0v) is 12.7. The summed E-state index contributed by atoms with van der Waals surface area (Å²) < 4.78 is 12.4. The molecule has 2 atom stereocenters. The van der Waals surface area contributed by atoms with Crippen molar-refractivity contribution in [1.29, 1.82) is 0 Å². The highest BCUT2D eigenvalue weighted by Gasteiger charge is 2.18. The van der Waals surface area contributed by atoms with Crippen molar-refractivity contribution < 1.29 is 9.13 Å². The maximum Gasteiger partial charge on any atom is 0.271 e. The van der Waals surface area contributed by atoms with Gasteiger partial charge in [-0.2, -0.15) is 0 Å². The number of fused-ring (bicyclic) bond motifs is 1. The summed E-state index contributed by atoms with van der Waals surface area (Å²) in [6.45, 7) is 0.967. The Hall–Kier alpha value is -1.93. The van der Waals surface area contributed by atoms with Gasteiger partial charge in [0.2, 0.25) is 0 Å². The van der Waals surface area contributed by atoms with Crippen molar-refractivity contribution in [3.8, 4) is 0 Å². The third kappa shape index (κ3) is 3.28. The lowest BCUT2D eigenvalue weighted by Gasteiger charge is -2.22. The summed E-state index contributed by atoms with van der Waals surface area (Å²) in [6.07, 6.45) is 4.80. The summed E-state index contributed by atoms with van der Waals surface area (Å²) in [7, 11) is -1.22. The van der Waals surface area contributed by atoms with Gasteiger partial charge in [0.25, 0.3) is 5.69 Å². The molecule has 1 aliphatic rings. The molecule has 2 aromatic rings. The van der Waals surface area contributed by atoms with Gasteiger partial charge in [0.1, 0.15) is 5.03 Å². The zero-order chi connectivity index (χ0) is 15.5.